The van der Waals surface area contributed by atoms with Crippen LogP contribution in [-0.2, 0) is 4.79 Å². The zero-order valence-electron chi connectivity index (χ0n) is 19.3. The molecule has 1 saturated heterocycles. The molecular formula is C27H24N4O3S. The van der Waals surface area contributed by atoms with E-state index in [0.29, 0.717) is 16.5 Å². The van der Waals surface area contributed by atoms with Crippen molar-refractivity contribution in [2.75, 3.05) is 17.3 Å². The first-order valence-electron chi connectivity index (χ1n) is 11.2. The van der Waals surface area contributed by atoms with Crippen LogP contribution in [0.1, 0.15) is 30.5 Å². The van der Waals surface area contributed by atoms with Gasteiger partial charge in [0, 0.05) is 24.4 Å². The van der Waals surface area contributed by atoms with Crippen molar-refractivity contribution in [2.24, 2.45) is 0 Å². The van der Waals surface area contributed by atoms with Crippen molar-refractivity contribution in [1.29, 1.82) is 0 Å². The van der Waals surface area contributed by atoms with Crippen LogP contribution in [0.3, 0.4) is 0 Å². The summed E-state index contributed by atoms with van der Waals surface area (Å²) in [7, 11) is 1.57. The summed E-state index contributed by atoms with van der Waals surface area (Å²) in [5.41, 5.74) is 3.18. The van der Waals surface area contributed by atoms with Crippen LogP contribution in [0.15, 0.2) is 89.5 Å². The Labute approximate surface area is 208 Å². The SMILES string of the molecule is COc1ccc(N2C(=S)NC(c3ccccn3)C2c2ccc(-c3ccccc3)o2)cc1NC(C)=O. The molecule has 0 radical (unpaired) electrons. The Balaban J connectivity index is 1.60. The summed E-state index contributed by atoms with van der Waals surface area (Å²) in [6.45, 7) is 1.46. The molecule has 5 rings (SSSR count). The van der Waals surface area contributed by atoms with Gasteiger partial charge in [0.05, 0.1) is 24.5 Å². The van der Waals surface area contributed by atoms with E-state index in [0.717, 1.165) is 28.5 Å². The first-order chi connectivity index (χ1) is 17.0. The average Bonchev–Trinajstić information content (AvgIpc) is 3.49. The molecule has 1 aliphatic rings. The fourth-order valence-corrected chi connectivity index (χ4v) is 4.67. The number of methoxy groups -OCH3 is 1. The molecule has 2 aromatic carbocycles. The lowest BCUT2D eigenvalue weighted by Gasteiger charge is -2.27. The third kappa shape index (κ3) is 4.48. The third-order valence-corrected chi connectivity index (χ3v) is 6.16. The highest BCUT2D eigenvalue weighted by atomic mass is 32.1. The standard InChI is InChI=1S/C27H24N4O3S/c1-17(32)29-21-16-19(11-12-23(21)33-2)31-26(25(30-27(31)35)20-10-6-7-15-28-20)24-14-13-22(34-24)18-8-4-3-5-9-18/h3-16,25-26H,1-2H3,(H,29,32)(H,30,35). The fourth-order valence-electron chi connectivity index (χ4n) is 4.32. The second kappa shape index (κ2) is 9.60. The van der Waals surface area contributed by atoms with Gasteiger partial charge in [-0.05, 0) is 54.7 Å². The monoisotopic (exact) mass is 484 g/mol. The molecule has 2 N–H and O–H groups in total. The van der Waals surface area contributed by atoms with Gasteiger partial charge in [-0.3, -0.25) is 9.78 Å². The van der Waals surface area contributed by atoms with E-state index in [-0.39, 0.29) is 18.0 Å². The second-order valence-electron chi connectivity index (χ2n) is 8.13. The molecule has 4 aromatic rings. The topological polar surface area (TPSA) is 79.6 Å². The number of nitrogens with one attached hydrogen (secondary N) is 2. The molecule has 0 saturated carbocycles. The minimum Gasteiger partial charge on any atom is -0.495 e. The second-order valence-corrected chi connectivity index (χ2v) is 8.52. The van der Waals surface area contributed by atoms with Crippen LogP contribution in [0.4, 0.5) is 11.4 Å². The molecule has 176 valence electrons. The van der Waals surface area contributed by atoms with Crippen molar-refractivity contribution in [1.82, 2.24) is 10.3 Å². The van der Waals surface area contributed by atoms with Crippen molar-refractivity contribution in [2.45, 2.75) is 19.0 Å². The van der Waals surface area contributed by atoms with Gasteiger partial charge in [-0.25, -0.2) is 0 Å². The van der Waals surface area contributed by atoms with E-state index < -0.39 is 0 Å². The maximum Gasteiger partial charge on any atom is 0.221 e. The van der Waals surface area contributed by atoms with Crippen molar-refractivity contribution in [3.63, 3.8) is 0 Å². The molecule has 8 heteroatoms. The Bertz CT molecular complexity index is 1360. The number of pyridine rings is 1. The molecular weight excluding hydrogens is 460 g/mol. The smallest absolute Gasteiger partial charge is 0.221 e. The quantitative estimate of drug-likeness (QED) is 0.351. The van der Waals surface area contributed by atoms with E-state index in [9.17, 15) is 4.79 Å². The molecule has 2 atom stereocenters. The number of anilines is 2. The predicted molar refractivity (Wildman–Crippen MR) is 139 cm³/mol. The Kier molecular flexibility index (Phi) is 6.20. The summed E-state index contributed by atoms with van der Waals surface area (Å²) >= 11 is 5.80. The largest absolute Gasteiger partial charge is 0.495 e. The number of thiocarbonyl (C=S) groups is 1. The number of benzene rings is 2. The predicted octanol–water partition coefficient (Wildman–Crippen LogP) is 5.49. The number of nitrogens with zero attached hydrogens (tertiary/aromatic N) is 2. The number of hydrogen-bond donors (Lipinski definition) is 2. The Morgan fingerprint density at radius 3 is 2.60 bits per heavy atom. The molecule has 0 aliphatic carbocycles. The lowest BCUT2D eigenvalue weighted by atomic mass is 10.0. The van der Waals surface area contributed by atoms with Gasteiger partial charge in [-0.2, -0.15) is 0 Å². The molecule has 35 heavy (non-hydrogen) atoms. The summed E-state index contributed by atoms with van der Waals surface area (Å²) in [4.78, 5) is 18.4. The number of amides is 1. The highest BCUT2D eigenvalue weighted by Crippen LogP contribution is 2.44. The number of carbonyl (C=O) groups excluding carboxylic acids is 1. The lowest BCUT2D eigenvalue weighted by Crippen LogP contribution is -2.29. The van der Waals surface area contributed by atoms with Gasteiger partial charge >= 0.3 is 0 Å². The maximum atomic E-state index is 11.8. The molecule has 2 unspecified atom stereocenters. The summed E-state index contributed by atoms with van der Waals surface area (Å²) in [5.74, 6) is 1.88. The lowest BCUT2D eigenvalue weighted by molar-refractivity contribution is -0.114. The molecule has 1 fully saturated rings. The minimum atomic E-state index is -0.312. The van der Waals surface area contributed by atoms with Gasteiger partial charge in [0.1, 0.15) is 23.3 Å². The van der Waals surface area contributed by atoms with Crippen LogP contribution in [0.25, 0.3) is 11.3 Å². The van der Waals surface area contributed by atoms with E-state index in [1.807, 2.05) is 83.8 Å². The number of aromatic nitrogens is 1. The van der Waals surface area contributed by atoms with Gasteiger partial charge in [0.2, 0.25) is 5.91 Å². The molecule has 1 aliphatic heterocycles. The molecule has 7 nitrogen and oxygen atoms in total. The summed E-state index contributed by atoms with van der Waals surface area (Å²) in [5, 5.41) is 6.79. The Morgan fingerprint density at radius 1 is 1.09 bits per heavy atom. The molecule has 2 aromatic heterocycles. The normalized spacial score (nSPS) is 17.2. The minimum absolute atomic E-state index is 0.191. The molecule has 0 bridgehead atoms. The van der Waals surface area contributed by atoms with Gasteiger partial charge in [-0.15, -0.1) is 0 Å². The van der Waals surface area contributed by atoms with E-state index in [1.54, 1.807) is 13.3 Å². The van der Waals surface area contributed by atoms with Crippen LogP contribution in [0, 0.1) is 0 Å². The molecule has 0 spiro atoms. The zero-order valence-corrected chi connectivity index (χ0v) is 20.1. The third-order valence-electron chi connectivity index (χ3n) is 5.85. The zero-order chi connectivity index (χ0) is 24.4. The van der Waals surface area contributed by atoms with Gasteiger partial charge in [-0.1, -0.05) is 36.4 Å². The van der Waals surface area contributed by atoms with E-state index in [1.165, 1.54) is 6.92 Å². The van der Waals surface area contributed by atoms with Gasteiger partial charge in [0.25, 0.3) is 0 Å². The van der Waals surface area contributed by atoms with Crippen LogP contribution in [0.2, 0.25) is 0 Å². The molecule has 1 amide bonds. The van der Waals surface area contributed by atoms with Crippen LogP contribution >= 0.6 is 12.2 Å². The summed E-state index contributed by atoms with van der Waals surface area (Å²) in [6, 6.07) is 24.7. The number of ether oxygens (including phenoxy) is 1. The summed E-state index contributed by atoms with van der Waals surface area (Å²) in [6.07, 6.45) is 1.76. The number of furan rings is 1. The number of carbonyl (C=O) groups is 1. The van der Waals surface area contributed by atoms with Crippen LogP contribution < -0.4 is 20.3 Å². The number of hydrogen-bond acceptors (Lipinski definition) is 5. The van der Waals surface area contributed by atoms with Crippen molar-refractivity contribution >= 4 is 34.6 Å². The van der Waals surface area contributed by atoms with E-state index >= 15 is 0 Å². The summed E-state index contributed by atoms with van der Waals surface area (Å²) < 4.78 is 11.8. The Morgan fingerprint density at radius 2 is 1.89 bits per heavy atom. The van der Waals surface area contributed by atoms with Crippen molar-refractivity contribution in [3.05, 3.63) is 96.5 Å². The van der Waals surface area contributed by atoms with Crippen molar-refractivity contribution < 1.29 is 13.9 Å². The average molecular weight is 485 g/mol. The highest BCUT2D eigenvalue weighted by Gasteiger charge is 2.42. The molecule has 3 heterocycles. The number of rotatable bonds is 6. The van der Waals surface area contributed by atoms with Gasteiger partial charge in [0.15, 0.2) is 5.11 Å². The van der Waals surface area contributed by atoms with Crippen molar-refractivity contribution in [3.8, 4) is 17.1 Å². The first-order valence-corrected chi connectivity index (χ1v) is 11.6. The maximum absolute atomic E-state index is 11.8. The van der Waals surface area contributed by atoms with Crippen LogP contribution in [0.5, 0.6) is 5.75 Å². The van der Waals surface area contributed by atoms with E-state index in [4.69, 9.17) is 21.4 Å². The fraction of sp³-hybridized carbons (Fsp3) is 0.148. The first kappa shape index (κ1) is 22.6. The van der Waals surface area contributed by atoms with Crippen LogP contribution in [-0.4, -0.2) is 23.1 Å². The van der Waals surface area contributed by atoms with E-state index in [2.05, 4.69) is 15.6 Å². The Hall–Kier alpha value is -4.17. The van der Waals surface area contributed by atoms with Gasteiger partial charge < -0.3 is 24.7 Å². The highest BCUT2D eigenvalue weighted by molar-refractivity contribution is 7.80.